The number of nitrogens with zero attached hydrogens (tertiary/aromatic N) is 4. The van der Waals surface area contributed by atoms with E-state index >= 15 is 0 Å². The quantitative estimate of drug-likeness (QED) is 0.691. The highest BCUT2D eigenvalue weighted by Crippen LogP contribution is 2.33. The van der Waals surface area contributed by atoms with Gasteiger partial charge in [-0.1, -0.05) is 11.6 Å². The number of amides is 1. The first-order chi connectivity index (χ1) is 14.3. The Bertz CT molecular complexity index is 1190. The summed E-state index contributed by atoms with van der Waals surface area (Å²) in [6.07, 6.45) is 1.31. The zero-order valence-electron chi connectivity index (χ0n) is 16.7. The number of ether oxygens (including phenoxy) is 1. The second kappa shape index (κ2) is 6.92. The average molecular weight is 430 g/mol. The molecule has 1 saturated carbocycles. The fraction of sp³-hybridized carbons (Fsp3) is 0.381. The highest BCUT2D eigenvalue weighted by atomic mass is 35.5. The Hall–Kier alpha value is -2.71. The Morgan fingerprint density at radius 2 is 2.07 bits per heavy atom. The molecule has 0 unspecified atom stereocenters. The molecule has 156 valence electrons. The smallest absolute Gasteiger partial charge is 0.258 e. The summed E-state index contributed by atoms with van der Waals surface area (Å²) in [7, 11) is 0. The minimum absolute atomic E-state index is 0.0896. The Balaban J connectivity index is 1.43. The molecule has 1 aromatic carbocycles. The number of fused-ring (bicyclic) bond motifs is 3. The number of hydrogen-bond acceptors (Lipinski definition) is 5. The molecule has 2 N–H and O–H groups in total. The highest BCUT2D eigenvalue weighted by Gasteiger charge is 2.33. The van der Waals surface area contributed by atoms with E-state index in [0.29, 0.717) is 42.2 Å². The molecule has 30 heavy (non-hydrogen) atoms. The molecule has 9 heteroatoms. The number of carbonyl (C=O) groups excluding carboxylic acids is 1. The van der Waals surface area contributed by atoms with Crippen molar-refractivity contribution in [2.75, 3.05) is 0 Å². The fourth-order valence-electron chi connectivity index (χ4n) is 4.08. The number of carbonyl (C=O) groups is 1. The van der Waals surface area contributed by atoms with Gasteiger partial charge in [-0.15, -0.1) is 0 Å². The summed E-state index contributed by atoms with van der Waals surface area (Å²) in [6, 6.07) is 4.11. The van der Waals surface area contributed by atoms with Crippen LogP contribution in [0.15, 0.2) is 18.2 Å². The monoisotopic (exact) mass is 429 g/mol. The molecule has 0 spiro atoms. The SMILES string of the molecule is Cc1nc2c3c(nn2c(C)c1Cl)CN(C(=O)c1ccc(F)cc1O[C@H]1C[C@@H](N)C1)C3. The van der Waals surface area contributed by atoms with Crippen LogP contribution in [-0.2, 0) is 13.1 Å². The lowest BCUT2D eigenvalue weighted by Crippen LogP contribution is -2.43. The summed E-state index contributed by atoms with van der Waals surface area (Å²) >= 11 is 6.30. The molecule has 0 atom stereocenters. The summed E-state index contributed by atoms with van der Waals surface area (Å²) in [5.41, 5.74) is 10.1. The zero-order valence-corrected chi connectivity index (χ0v) is 17.4. The summed E-state index contributed by atoms with van der Waals surface area (Å²) < 4.78 is 21.4. The maximum Gasteiger partial charge on any atom is 0.258 e. The van der Waals surface area contributed by atoms with Crippen LogP contribution in [0.2, 0.25) is 5.02 Å². The molecule has 3 heterocycles. The second-order valence-corrected chi connectivity index (χ2v) is 8.41. The van der Waals surface area contributed by atoms with Gasteiger partial charge in [0.25, 0.3) is 5.91 Å². The van der Waals surface area contributed by atoms with Crippen molar-refractivity contribution < 1.29 is 13.9 Å². The van der Waals surface area contributed by atoms with E-state index in [1.54, 1.807) is 9.42 Å². The molecular formula is C21H21ClFN5O2. The molecule has 2 aromatic heterocycles. The van der Waals surface area contributed by atoms with Crippen LogP contribution in [0.3, 0.4) is 0 Å². The molecule has 0 radical (unpaired) electrons. The van der Waals surface area contributed by atoms with Crippen LogP contribution in [0.25, 0.3) is 5.65 Å². The Morgan fingerprint density at radius 1 is 1.30 bits per heavy atom. The van der Waals surface area contributed by atoms with Gasteiger partial charge in [0.05, 0.1) is 40.8 Å². The maximum atomic E-state index is 13.8. The van der Waals surface area contributed by atoms with Gasteiger partial charge in [0, 0.05) is 17.7 Å². The Labute approximate surface area is 177 Å². The highest BCUT2D eigenvalue weighted by molar-refractivity contribution is 6.31. The molecule has 7 nitrogen and oxygen atoms in total. The number of aryl methyl sites for hydroxylation is 2. The van der Waals surface area contributed by atoms with Crippen molar-refractivity contribution >= 4 is 23.2 Å². The second-order valence-electron chi connectivity index (χ2n) is 8.03. The zero-order chi connectivity index (χ0) is 21.2. The lowest BCUT2D eigenvalue weighted by atomic mass is 9.90. The Kier molecular flexibility index (Phi) is 4.44. The first-order valence-corrected chi connectivity index (χ1v) is 10.2. The van der Waals surface area contributed by atoms with Crippen LogP contribution in [0.4, 0.5) is 4.39 Å². The van der Waals surface area contributed by atoms with Gasteiger partial charge < -0.3 is 15.4 Å². The third kappa shape index (κ3) is 3.02. The number of aromatic nitrogens is 3. The third-order valence-corrected chi connectivity index (χ3v) is 6.39. The Morgan fingerprint density at radius 3 is 2.80 bits per heavy atom. The molecule has 1 amide bonds. The largest absolute Gasteiger partial charge is 0.489 e. The minimum atomic E-state index is -0.445. The van der Waals surface area contributed by atoms with E-state index in [1.807, 2.05) is 13.8 Å². The lowest BCUT2D eigenvalue weighted by molar-refractivity contribution is 0.0722. The van der Waals surface area contributed by atoms with Crippen molar-refractivity contribution in [2.45, 2.75) is 51.9 Å². The van der Waals surface area contributed by atoms with E-state index in [0.717, 1.165) is 22.6 Å². The van der Waals surface area contributed by atoms with Crippen molar-refractivity contribution in [2.24, 2.45) is 5.73 Å². The van der Waals surface area contributed by atoms with E-state index in [4.69, 9.17) is 22.1 Å². The van der Waals surface area contributed by atoms with Gasteiger partial charge in [-0.05, 0) is 38.8 Å². The minimum Gasteiger partial charge on any atom is -0.489 e. The van der Waals surface area contributed by atoms with Gasteiger partial charge in [-0.3, -0.25) is 4.79 Å². The van der Waals surface area contributed by atoms with Gasteiger partial charge in [0.2, 0.25) is 0 Å². The summed E-state index contributed by atoms with van der Waals surface area (Å²) in [4.78, 5) is 19.5. The van der Waals surface area contributed by atoms with Gasteiger partial charge >= 0.3 is 0 Å². The van der Waals surface area contributed by atoms with Gasteiger partial charge in [0.15, 0.2) is 5.65 Å². The molecule has 0 saturated heterocycles. The third-order valence-electron chi connectivity index (χ3n) is 5.84. The summed E-state index contributed by atoms with van der Waals surface area (Å²) in [6.45, 7) is 4.46. The predicted molar refractivity (Wildman–Crippen MR) is 109 cm³/mol. The number of halogens is 2. The fourth-order valence-corrected chi connectivity index (χ4v) is 4.20. The van der Waals surface area contributed by atoms with E-state index in [9.17, 15) is 9.18 Å². The number of benzene rings is 1. The molecule has 2 aliphatic rings. The predicted octanol–water partition coefficient (Wildman–Crippen LogP) is 3.16. The maximum absolute atomic E-state index is 13.8. The summed E-state index contributed by atoms with van der Waals surface area (Å²) in [5.74, 6) is -0.418. The standard InChI is InChI=1S/C21H21ClFN5O2/c1-10-19(22)11(2)28-20(25-10)16-8-27(9-17(16)26-28)21(29)15-4-3-12(23)5-18(15)30-14-6-13(24)7-14/h3-5,13-14H,6-9,24H2,1-2H3/t13-,14+. The van der Waals surface area contributed by atoms with Gasteiger partial charge in [-0.2, -0.15) is 5.10 Å². The van der Waals surface area contributed by atoms with Crippen molar-refractivity contribution in [3.8, 4) is 5.75 Å². The average Bonchev–Trinajstić information content (AvgIpc) is 3.24. The number of hydrogen-bond donors (Lipinski definition) is 1. The molecule has 0 bridgehead atoms. The van der Waals surface area contributed by atoms with Crippen LogP contribution < -0.4 is 10.5 Å². The van der Waals surface area contributed by atoms with Crippen molar-refractivity contribution in [3.05, 3.63) is 57.2 Å². The first kappa shape index (κ1) is 19.3. The molecular weight excluding hydrogens is 409 g/mol. The van der Waals surface area contributed by atoms with Crippen molar-refractivity contribution in [3.63, 3.8) is 0 Å². The number of rotatable bonds is 3. The van der Waals surface area contributed by atoms with E-state index in [-0.39, 0.29) is 23.8 Å². The molecule has 1 fully saturated rings. The van der Waals surface area contributed by atoms with Crippen LogP contribution in [-0.4, -0.2) is 37.6 Å². The van der Waals surface area contributed by atoms with E-state index in [1.165, 1.54) is 18.2 Å². The van der Waals surface area contributed by atoms with Crippen molar-refractivity contribution in [1.82, 2.24) is 19.5 Å². The van der Waals surface area contributed by atoms with E-state index < -0.39 is 5.82 Å². The van der Waals surface area contributed by atoms with Crippen LogP contribution in [0.5, 0.6) is 5.75 Å². The van der Waals surface area contributed by atoms with Gasteiger partial charge in [-0.25, -0.2) is 13.9 Å². The lowest BCUT2D eigenvalue weighted by Gasteiger charge is -2.33. The van der Waals surface area contributed by atoms with Crippen LogP contribution >= 0.6 is 11.6 Å². The summed E-state index contributed by atoms with van der Waals surface area (Å²) in [5, 5.41) is 5.19. The van der Waals surface area contributed by atoms with Crippen LogP contribution in [0.1, 0.15) is 45.8 Å². The normalized spacial score (nSPS) is 20.4. The molecule has 1 aliphatic carbocycles. The molecule has 5 rings (SSSR count). The molecule has 1 aliphatic heterocycles. The first-order valence-electron chi connectivity index (χ1n) is 9.86. The topological polar surface area (TPSA) is 85.8 Å². The van der Waals surface area contributed by atoms with E-state index in [2.05, 4.69) is 10.1 Å². The molecule has 3 aromatic rings. The number of nitrogens with two attached hydrogens (primary N) is 1. The van der Waals surface area contributed by atoms with Crippen LogP contribution in [0, 0.1) is 19.7 Å². The van der Waals surface area contributed by atoms with Crippen molar-refractivity contribution in [1.29, 1.82) is 0 Å². The van der Waals surface area contributed by atoms with Gasteiger partial charge in [0.1, 0.15) is 17.7 Å².